The van der Waals surface area contributed by atoms with Gasteiger partial charge in [-0.15, -0.1) is 0 Å². The van der Waals surface area contributed by atoms with Crippen molar-refractivity contribution in [3.63, 3.8) is 0 Å². The fourth-order valence-corrected chi connectivity index (χ4v) is 1.72. The van der Waals surface area contributed by atoms with Crippen molar-refractivity contribution in [2.45, 2.75) is 6.10 Å². The van der Waals surface area contributed by atoms with Crippen molar-refractivity contribution < 1.29 is 9.84 Å². The summed E-state index contributed by atoms with van der Waals surface area (Å²) in [5.41, 5.74) is 2.14. The molecular weight excluding hydrogens is 272 g/mol. The Labute approximate surface area is 101 Å². The number of nitrogens with zero attached hydrogens (tertiary/aromatic N) is 2. The number of rotatable bonds is 3. The standard InChI is InChI=1S/C11H11BrN2O2/c1-16-11-5-4-7-8(14-11)2-3-9(13-7)10(15)6-12/h2-5,10,15H,6H2,1H3/t10-/m0/s1. The van der Waals surface area contributed by atoms with E-state index in [1.54, 1.807) is 19.2 Å². The van der Waals surface area contributed by atoms with Gasteiger partial charge in [-0.3, -0.25) is 0 Å². The first-order chi connectivity index (χ1) is 7.74. The molecule has 1 atom stereocenters. The van der Waals surface area contributed by atoms with E-state index in [1.165, 1.54) is 0 Å². The molecule has 0 saturated heterocycles. The SMILES string of the molecule is COc1ccc2nc([C@@H](O)CBr)ccc2n1. The van der Waals surface area contributed by atoms with Gasteiger partial charge in [0.2, 0.25) is 5.88 Å². The summed E-state index contributed by atoms with van der Waals surface area (Å²) in [5.74, 6) is 0.558. The second kappa shape index (κ2) is 4.76. The van der Waals surface area contributed by atoms with Crippen LogP contribution in [0.5, 0.6) is 5.88 Å². The average Bonchev–Trinajstić information content (AvgIpc) is 2.36. The predicted molar refractivity (Wildman–Crippen MR) is 64.8 cm³/mol. The van der Waals surface area contributed by atoms with Crippen molar-refractivity contribution in [2.75, 3.05) is 12.4 Å². The van der Waals surface area contributed by atoms with Crippen molar-refractivity contribution in [3.05, 3.63) is 30.0 Å². The molecule has 0 saturated carbocycles. The molecule has 0 spiro atoms. The van der Waals surface area contributed by atoms with E-state index in [9.17, 15) is 5.11 Å². The van der Waals surface area contributed by atoms with Crippen LogP contribution in [0, 0.1) is 0 Å². The summed E-state index contributed by atoms with van der Waals surface area (Å²) in [6.07, 6.45) is -0.591. The normalized spacial score (nSPS) is 12.7. The molecule has 0 unspecified atom stereocenters. The van der Waals surface area contributed by atoms with E-state index < -0.39 is 6.10 Å². The summed E-state index contributed by atoms with van der Waals surface area (Å²) in [4.78, 5) is 8.57. The molecule has 0 aromatic carbocycles. The van der Waals surface area contributed by atoms with E-state index in [4.69, 9.17) is 4.74 Å². The van der Waals surface area contributed by atoms with Gasteiger partial charge in [0, 0.05) is 11.4 Å². The lowest BCUT2D eigenvalue weighted by Crippen LogP contribution is -2.01. The zero-order chi connectivity index (χ0) is 11.5. The Kier molecular flexibility index (Phi) is 3.36. The van der Waals surface area contributed by atoms with E-state index in [1.807, 2.05) is 12.1 Å². The number of aliphatic hydroxyl groups excluding tert-OH is 1. The van der Waals surface area contributed by atoms with Gasteiger partial charge >= 0.3 is 0 Å². The van der Waals surface area contributed by atoms with Gasteiger partial charge in [0.25, 0.3) is 0 Å². The third-order valence-corrected chi connectivity index (χ3v) is 2.85. The van der Waals surface area contributed by atoms with Gasteiger partial charge in [0.05, 0.1) is 23.8 Å². The van der Waals surface area contributed by atoms with E-state index in [-0.39, 0.29) is 0 Å². The lowest BCUT2D eigenvalue weighted by Gasteiger charge is -2.07. The van der Waals surface area contributed by atoms with Gasteiger partial charge in [-0.05, 0) is 18.2 Å². The van der Waals surface area contributed by atoms with Gasteiger partial charge in [-0.2, -0.15) is 0 Å². The van der Waals surface area contributed by atoms with Crippen LogP contribution < -0.4 is 4.74 Å². The smallest absolute Gasteiger partial charge is 0.213 e. The summed E-state index contributed by atoms with van der Waals surface area (Å²) in [7, 11) is 1.57. The van der Waals surface area contributed by atoms with Crippen LogP contribution in [-0.4, -0.2) is 27.5 Å². The van der Waals surface area contributed by atoms with Gasteiger partial charge < -0.3 is 9.84 Å². The first-order valence-corrected chi connectivity index (χ1v) is 5.92. The summed E-state index contributed by atoms with van der Waals surface area (Å²) in [6.45, 7) is 0. The van der Waals surface area contributed by atoms with Gasteiger partial charge in [-0.1, -0.05) is 15.9 Å². The molecule has 0 amide bonds. The number of hydrogen-bond donors (Lipinski definition) is 1. The molecule has 84 valence electrons. The number of halogens is 1. The maximum absolute atomic E-state index is 9.64. The molecule has 1 N–H and O–H groups in total. The second-order valence-corrected chi connectivity index (χ2v) is 3.95. The molecule has 0 aliphatic rings. The first-order valence-electron chi connectivity index (χ1n) is 4.80. The largest absolute Gasteiger partial charge is 0.481 e. The van der Waals surface area contributed by atoms with Crippen molar-refractivity contribution in [2.24, 2.45) is 0 Å². The highest BCUT2D eigenvalue weighted by atomic mass is 79.9. The number of fused-ring (bicyclic) bond motifs is 1. The summed E-state index contributed by atoms with van der Waals surface area (Å²) < 4.78 is 5.03. The monoisotopic (exact) mass is 282 g/mol. The van der Waals surface area contributed by atoms with E-state index >= 15 is 0 Å². The van der Waals surface area contributed by atoms with Crippen molar-refractivity contribution in [3.8, 4) is 5.88 Å². The van der Waals surface area contributed by atoms with Crippen LogP contribution in [0.3, 0.4) is 0 Å². The van der Waals surface area contributed by atoms with E-state index in [2.05, 4.69) is 25.9 Å². The van der Waals surface area contributed by atoms with Gasteiger partial charge in [0.15, 0.2) is 0 Å². The van der Waals surface area contributed by atoms with Crippen LogP contribution in [-0.2, 0) is 0 Å². The lowest BCUT2D eigenvalue weighted by molar-refractivity contribution is 0.201. The number of pyridine rings is 2. The molecule has 0 aliphatic carbocycles. The third kappa shape index (κ3) is 2.15. The molecule has 0 bridgehead atoms. The molecule has 0 radical (unpaired) electrons. The summed E-state index contributed by atoms with van der Waals surface area (Å²) >= 11 is 3.21. The Bertz CT molecular complexity index is 504. The molecule has 2 heterocycles. The zero-order valence-electron chi connectivity index (χ0n) is 8.72. The minimum Gasteiger partial charge on any atom is -0.481 e. The number of methoxy groups -OCH3 is 1. The highest BCUT2D eigenvalue weighted by Gasteiger charge is 2.08. The highest BCUT2D eigenvalue weighted by molar-refractivity contribution is 9.09. The average molecular weight is 283 g/mol. The minimum atomic E-state index is -0.591. The molecule has 2 aromatic rings. The van der Waals surface area contributed by atoms with Crippen molar-refractivity contribution >= 4 is 27.0 Å². The zero-order valence-corrected chi connectivity index (χ0v) is 10.3. The molecule has 5 heteroatoms. The van der Waals surface area contributed by atoms with Crippen LogP contribution in [0.2, 0.25) is 0 Å². The predicted octanol–water partition coefficient (Wildman–Crippen LogP) is 2.07. The molecular formula is C11H11BrN2O2. The van der Waals surface area contributed by atoms with E-state index in [0.717, 1.165) is 11.0 Å². The van der Waals surface area contributed by atoms with Gasteiger partial charge in [0.1, 0.15) is 6.10 Å². The quantitative estimate of drug-likeness (QED) is 0.876. The number of aliphatic hydroxyl groups is 1. The molecule has 4 nitrogen and oxygen atoms in total. The fraction of sp³-hybridized carbons (Fsp3) is 0.273. The Hall–Kier alpha value is -1.20. The lowest BCUT2D eigenvalue weighted by atomic mass is 10.2. The number of aromatic nitrogens is 2. The maximum Gasteiger partial charge on any atom is 0.213 e. The molecule has 0 fully saturated rings. The highest BCUT2D eigenvalue weighted by Crippen LogP contribution is 2.19. The molecule has 16 heavy (non-hydrogen) atoms. The Morgan fingerprint density at radius 3 is 2.62 bits per heavy atom. The summed E-state index contributed by atoms with van der Waals surface area (Å²) in [5, 5.41) is 10.1. The van der Waals surface area contributed by atoms with Crippen molar-refractivity contribution in [1.82, 2.24) is 9.97 Å². The Balaban J connectivity index is 2.47. The summed E-state index contributed by atoms with van der Waals surface area (Å²) in [6, 6.07) is 7.16. The minimum absolute atomic E-state index is 0.467. The fourth-order valence-electron chi connectivity index (χ4n) is 1.39. The first kappa shape index (κ1) is 11.3. The third-order valence-electron chi connectivity index (χ3n) is 2.24. The number of hydrogen-bond acceptors (Lipinski definition) is 4. The van der Waals surface area contributed by atoms with Crippen LogP contribution in [0.1, 0.15) is 11.8 Å². The Morgan fingerprint density at radius 2 is 1.94 bits per heavy atom. The van der Waals surface area contributed by atoms with E-state index in [0.29, 0.717) is 16.9 Å². The Morgan fingerprint density at radius 1 is 1.25 bits per heavy atom. The number of ether oxygens (including phenoxy) is 1. The van der Waals surface area contributed by atoms with Gasteiger partial charge in [-0.25, -0.2) is 9.97 Å². The number of alkyl halides is 1. The van der Waals surface area contributed by atoms with Crippen molar-refractivity contribution in [1.29, 1.82) is 0 Å². The molecule has 2 aromatic heterocycles. The topological polar surface area (TPSA) is 55.2 Å². The van der Waals surface area contributed by atoms with Crippen LogP contribution >= 0.6 is 15.9 Å². The van der Waals surface area contributed by atoms with Crippen LogP contribution in [0.15, 0.2) is 24.3 Å². The van der Waals surface area contributed by atoms with Crippen LogP contribution in [0.4, 0.5) is 0 Å². The second-order valence-electron chi connectivity index (χ2n) is 3.30. The molecule has 2 rings (SSSR count). The maximum atomic E-state index is 9.64. The molecule has 0 aliphatic heterocycles. The van der Waals surface area contributed by atoms with Crippen LogP contribution in [0.25, 0.3) is 11.0 Å².